The lowest BCUT2D eigenvalue weighted by Gasteiger charge is -2.18. The van der Waals surface area contributed by atoms with Crippen LogP contribution in [0, 0.1) is 5.92 Å². The van der Waals surface area contributed by atoms with Gasteiger partial charge in [-0.1, -0.05) is 0 Å². The van der Waals surface area contributed by atoms with Gasteiger partial charge in [0.1, 0.15) is 0 Å². The Balaban J connectivity index is 0.000000970. The minimum atomic E-state index is -3.37. The molecule has 142 valence electrons. The van der Waals surface area contributed by atoms with Crippen LogP contribution in [0.5, 0.6) is 0 Å². The van der Waals surface area contributed by atoms with E-state index in [9.17, 15) is 18.3 Å². The van der Waals surface area contributed by atoms with Gasteiger partial charge in [0, 0.05) is 39.5 Å². The Morgan fingerprint density at radius 2 is 2.08 bits per heavy atom. The van der Waals surface area contributed by atoms with E-state index < -0.39 is 22.0 Å². The van der Waals surface area contributed by atoms with Crippen molar-refractivity contribution in [1.29, 1.82) is 0 Å². The first-order valence-corrected chi connectivity index (χ1v) is 10.2. The average Bonchev–Trinajstić information content (AvgIpc) is 3.16. The number of thiophene rings is 1. The first kappa shape index (κ1) is 21.6. The zero-order chi connectivity index (χ0) is 19.0. The average molecular weight is 392 g/mol. The van der Waals surface area contributed by atoms with Crippen molar-refractivity contribution < 1.29 is 28.2 Å². The predicted octanol–water partition coefficient (Wildman–Crippen LogP) is 0.0922. The van der Waals surface area contributed by atoms with Crippen molar-refractivity contribution in [2.45, 2.75) is 18.9 Å². The van der Waals surface area contributed by atoms with Crippen LogP contribution in [-0.4, -0.2) is 79.3 Å². The second kappa shape index (κ2) is 9.85. The molecule has 0 radical (unpaired) electrons. The molecule has 1 aliphatic heterocycles. The summed E-state index contributed by atoms with van der Waals surface area (Å²) < 4.78 is 25.0. The Labute approximate surface area is 151 Å². The first-order valence-electron chi connectivity index (χ1n) is 7.66. The molecule has 0 bridgehead atoms. The lowest BCUT2D eigenvalue weighted by Crippen LogP contribution is -2.33. The van der Waals surface area contributed by atoms with Crippen LogP contribution in [0.15, 0.2) is 16.8 Å². The van der Waals surface area contributed by atoms with E-state index >= 15 is 0 Å². The van der Waals surface area contributed by atoms with Gasteiger partial charge in [-0.3, -0.25) is 9.59 Å². The fourth-order valence-corrected chi connectivity index (χ4v) is 4.36. The highest BCUT2D eigenvalue weighted by Crippen LogP contribution is 2.21. The van der Waals surface area contributed by atoms with Gasteiger partial charge in [0.25, 0.3) is 6.47 Å². The second-order valence-corrected chi connectivity index (χ2v) is 8.93. The lowest BCUT2D eigenvalue weighted by atomic mass is 10.1. The molecule has 0 spiro atoms. The van der Waals surface area contributed by atoms with Crippen LogP contribution in [0.2, 0.25) is 0 Å². The van der Waals surface area contributed by atoms with E-state index in [2.05, 4.69) is 0 Å². The number of carboxylic acid groups (broad SMARTS) is 1. The molecule has 10 heteroatoms. The third-order valence-electron chi connectivity index (χ3n) is 3.95. The van der Waals surface area contributed by atoms with Crippen LogP contribution in [0.4, 0.5) is 0 Å². The minimum Gasteiger partial charge on any atom is -0.483 e. The van der Waals surface area contributed by atoms with Gasteiger partial charge < -0.3 is 15.1 Å². The van der Waals surface area contributed by atoms with E-state index in [1.807, 2.05) is 16.8 Å². The molecule has 0 saturated carbocycles. The molecule has 25 heavy (non-hydrogen) atoms. The molecular formula is C15H24N2O6S2. The Hall–Kier alpha value is -1.49. The number of carbonyl (C=O) groups excluding carboxylic acids is 1. The summed E-state index contributed by atoms with van der Waals surface area (Å²) in [6, 6.07) is 1.99. The van der Waals surface area contributed by atoms with Crippen molar-refractivity contribution in [2.75, 3.05) is 32.9 Å². The molecule has 1 saturated heterocycles. The zero-order valence-electron chi connectivity index (χ0n) is 14.2. The highest BCUT2D eigenvalue weighted by atomic mass is 32.2. The second-order valence-electron chi connectivity index (χ2n) is 5.92. The third-order valence-corrected chi connectivity index (χ3v) is 6.64. The molecule has 1 fully saturated rings. The number of rotatable bonds is 6. The van der Waals surface area contributed by atoms with Gasteiger partial charge in [0.15, 0.2) is 0 Å². The van der Waals surface area contributed by atoms with E-state index in [1.54, 1.807) is 16.2 Å². The van der Waals surface area contributed by atoms with Crippen LogP contribution in [0.1, 0.15) is 12.0 Å². The lowest BCUT2D eigenvalue weighted by molar-refractivity contribution is -0.130. The van der Waals surface area contributed by atoms with Crippen LogP contribution in [0.3, 0.4) is 0 Å². The summed E-state index contributed by atoms with van der Waals surface area (Å²) in [6.07, 6.45) is 0.284. The maximum Gasteiger partial charge on any atom is 0.290 e. The summed E-state index contributed by atoms with van der Waals surface area (Å²) in [6.45, 7) is 0.271. The van der Waals surface area contributed by atoms with Gasteiger partial charge in [-0.15, -0.1) is 0 Å². The van der Waals surface area contributed by atoms with E-state index in [0.29, 0.717) is 19.4 Å². The Morgan fingerprint density at radius 3 is 2.60 bits per heavy atom. The Bertz CT molecular complexity index is 645. The maximum atomic E-state index is 12.2. The molecule has 1 aromatic heterocycles. The largest absolute Gasteiger partial charge is 0.483 e. The fraction of sp³-hybridized carbons (Fsp3) is 0.600. The summed E-state index contributed by atoms with van der Waals surface area (Å²) in [7, 11) is -0.429. The van der Waals surface area contributed by atoms with Gasteiger partial charge in [0.2, 0.25) is 15.9 Å². The quantitative estimate of drug-likeness (QED) is 0.663. The van der Waals surface area contributed by atoms with E-state index in [4.69, 9.17) is 9.90 Å². The van der Waals surface area contributed by atoms with E-state index in [0.717, 1.165) is 9.87 Å². The van der Waals surface area contributed by atoms with Crippen molar-refractivity contribution in [3.63, 3.8) is 0 Å². The molecule has 1 aromatic rings. The summed E-state index contributed by atoms with van der Waals surface area (Å²) in [5, 5.41) is 20.9. The van der Waals surface area contributed by atoms with Gasteiger partial charge in [-0.2, -0.15) is 11.3 Å². The van der Waals surface area contributed by atoms with E-state index in [1.165, 1.54) is 14.1 Å². The fourth-order valence-electron chi connectivity index (χ4n) is 2.49. The van der Waals surface area contributed by atoms with Crippen molar-refractivity contribution >= 4 is 33.7 Å². The standard InChI is InChI=1S/C14H22N2O4S2.CH2O2/c1-15(2)22(19,20)10-12-7-16(8-13(12)17)14(18)4-3-11-5-6-21-9-11;2-1-3/h5-6,9,12-13,17H,3-4,7-8,10H2,1-2H3;1H,(H,2,3)/t12-,13-;/m0./s1. The number of likely N-dealkylation sites (tertiary alicyclic amines) is 1. The number of amides is 1. The highest BCUT2D eigenvalue weighted by molar-refractivity contribution is 7.89. The van der Waals surface area contributed by atoms with Crippen molar-refractivity contribution in [3.05, 3.63) is 22.4 Å². The van der Waals surface area contributed by atoms with Crippen molar-refractivity contribution in [3.8, 4) is 0 Å². The smallest absolute Gasteiger partial charge is 0.290 e. The van der Waals surface area contributed by atoms with Crippen molar-refractivity contribution in [1.82, 2.24) is 9.21 Å². The number of β-amino-alcohol motifs (C(OH)–C–C–N with tert-alkyl or cyclic N) is 1. The number of nitrogens with zero attached hydrogens (tertiary/aromatic N) is 2. The normalized spacial score (nSPS) is 20.2. The van der Waals surface area contributed by atoms with Gasteiger partial charge in [0.05, 0.1) is 11.9 Å². The SMILES string of the molecule is CN(C)S(=O)(=O)C[C@@H]1CN(C(=O)CCc2ccsc2)C[C@@H]1O.O=CO. The topological polar surface area (TPSA) is 115 Å². The summed E-state index contributed by atoms with van der Waals surface area (Å²) >= 11 is 1.60. The maximum absolute atomic E-state index is 12.2. The molecule has 2 rings (SSSR count). The van der Waals surface area contributed by atoms with Crippen LogP contribution < -0.4 is 0 Å². The summed E-state index contributed by atoms with van der Waals surface area (Å²) in [5.41, 5.74) is 1.13. The summed E-state index contributed by atoms with van der Waals surface area (Å²) in [4.78, 5) is 22.1. The van der Waals surface area contributed by atoms with Crippen LogP contribution in [0.25, 0.3) is 0 Å². The monoisotopic (exact) mass is 392 g/mol. The number of carbonyl (C=O) groups is 2. The highest BCUT2D eigenvalue weighted by Gasteiger charge is 2.37. The first-order chi connectivity index (χ1) is 11.7. The number of aliphatic hydroxyl groups excluding tert-OH is 1. The minimum absolute atomic E-state index is 0.0324. The molecule has 0 aromatic carbocycles. The van der Waals surface area contributed by atoms with Crippen LogP contribution >= 0.6 is 11.3 Å². The molecule has 2 atom stereocenters. The molecule has 1 aliphatic rings. The number of hydrogen-bond acceptors (Lipinski definition) is 6. The molecule has 2 N–H and O–H groups in total. The Morgan fingerprint density at radius 1 is 1.44 bits per heavy atom. The zero-order valence-corrected chi connectivity index (χ0v) is 15.9. The predicted molar refractivity (Wildman–Crippen MR) is 94.9 cm³/mol. The third kappa shape index (κ3) is 6.73. The van der Waals surface area contributed by atoms with Gasteiger partial charge >= 0.3 is 0 Å². The van der Waals surface area contributed by atoms with E-state index in [-0.39, 0.29) is 24.7 Å². The number of aliphatic hydroxyl groups is 1. The number of aryl methyl sites for hydroxylation is 1. The molecular weight excluding hydrogens is 368 g/mol. The van der Waals surface area contributed by atoms with Gasteiger partial charge in [-0.05, 0) is 28.8 Å². The van der Waals surface area contributed by atoms with Crippen LogP contribution in [-0.2, 0) is 26.0 Å². The number of sulfonamides is 1. The molecule has 0 unspecified atom stereocenters. The molecule has 1 amide bonds. The Kier molecular flexibility index (Phi) is 8.50. The molecule has 2 heterocycles. The molecule has 0 aliphatic carbocycles. The van der Waals surface area contributed by atoms with Gasteiger partial charge in [-0.25, -0.2) is 12.7 Å². The summed E-state index contributed by atoms with van der Waals surface area (Å²) in [5.74, 6) is -0.581. The van der Waals surface area contributed by atoms with Crippen molar-refractivity contribution in [2.24, 2.45) is 5.92 Å². The number of hydrogen-bond donors (Lipinski definition) is 2. The molecule has 8 nitrogen and oxygen atoms in total.